The van der Waals surface area contributed by atoms with Gasteiger partial charge >= 0.3 is 0 Å². The van der Waals surface area contributed by atoms with Crippen molar-refractivity contribution in [2.24, 2.45) is 0 Å². The number of carbonyl (C=O) groups excluding carboxylic acids is 1. The number of carbonyl (C=O) groups is 1. The first-order valence-corrected chi connectivity index (χ1v) is 4.17. The van der Waals surface area contributed by atoms with Crippen LogP contribution in [0.15, 0.2) is 24.3 Å². The highest BCUT2D eigenvalue weighted by Gasteiger charge is 2.25. The quantitative estimate of drug-likeness (QED) is 0.667. The molecule has 0 aliphatic carbocycles. The molecule has 0 fully saturated rings. The summed E-state index contributed by atoms with van der Waals surface area (Å²) in [5, 5.41) is 2.71. The van der Waals surface area contributed by atoms with E-state index in [-0.39, 0.29) is 11.3 Å². The number of benzene rings is 1. The monoisotopic (exact) mass is 181 g/mol. The van der Waals surface area contributed by atoms with Gasteiger partial charge in [0.2, 0.25) is 5.24 Å². The van der Waals surface area contributed by atoms with E-state index in [1.165, 1.54) is 0 Å². The van der Waals surface area contributed by atoms with Crippen LogP contribution in [0.3, 0.4) is 0 Å². The second kappa shape index (κ2) is 2.88. The zero-order valence-electron chi connectivity index (χ0n) is 6.38. The molecule has 0 aromatic heterocycles. The van der Waals surface area contributed by atoms with Crippen molar-refractivity contribution in [2.45, 2.75) is 12.6 Å². The lowest BCUT2D eigenvalue weighted by Crippen LogP contribution is -2.17. The van der Waals surface area contributed by atoms with Crippen LogP contribution < -0.4 is 5.32 Å². The number of nitrogens with one attached hydrogen (secondary N) is 1. The number of hydrogen-bond acceptors (Lipinski definition) is 2. The van der Waals surface area contributed by atoms with Gasteiger partial charge in [0.1, 0.15) is 6.04 Å². The van der Waals surface area contributed by atoms with E-state index in [1.807, 2.05) is 24.3 Å². The van der Waals surface area contributed by atoms with E-state index in [1.54, 1.807) is 0 Å². The molecule has 1 aromatic rings. The van der Waals surface area contributed by atoms with E-state index in [0.29, 0.717) is 0 Å². The van der Waals surface area contributed by atoms with Crippen LogP contribution in [0.1, 0.15) is 17.2 Å². The Morgan fingerprint density at radius 3 is 3.00 bits per heavy atom. The summed E-state index contributed by atoms with van der Waals surface area (Å²) in [6.45, 7) is 0.735. The summed E-state index contributed by atoms with van der Waals surface area (Å²) in [5.41, 5.74) is 2.18. The molecule has 1 unspecified atom stereocenters. The molecule has 1 N–H and O–H groups in total. The predicted molar refractivity (Wildman–Crippen MR) is 46.9 cm³/mol. The first-order valence-electron chi connectivity index (χ1n) is 3.79. The fraction of sp³-hybridized carbons (Fsp3) is 0.222. The van der Waals surface area contributed by atoms with Gasteiger partial charge in [-0.2, -0.15) is 0 Å². The van der Waals surface area contributed by atoms with Crippen LogP contribution in [0, 0.1) is 0 Å². The summed E-state index contributed by atoms with van der Waals surface area (Å²) in [7, 11) is 0. The molecule has 1 atom stereocenters. The van der Waals surface area contributed by atoms with Gasteiger partial charge in [0, 0.05) is 6.54 Å². The molecule has 1 aromatic carbocycles. The summed E-state index contributed by atoms with van der Waals surface area (Å²) in [4.78, 5) is 10.9. The molecule has 0 saturated heterocycles. The maximum atomic E-state index is 10.9. The van der Waals surface area contributed by atoms with Gasteiger partial charge in [-0.3, -0.25) is 10.1 Å². The number of rotatable bonds is 1. The molecule has 0 saturated carbocycles. The minimum atomic E-state index is -0.333. The van der Waals surface area contributed by atoms with Crippen molar-refractivity contribution in [1.82, 2.24) is 5.32 Å². The van der Waals surface area contributed by atoms with E-state index in [4.69, 9.17) is 11.6 Å². The standard InChI is InChI=1S/C9H8ClNO/c10-9(12)8-7-4-2-1-3-6(7)5-11-8/h1-4,8,11H,5H2. The van der Waals surface area contributed by atoms with Gasteiger partial charge in [0.15, 0.2) is 0 Å². The second-order valence-corrected chi connectivity index (χ2v) is 3.19. The molecule has 0 spiro atoms. The Morgan fingerprint density at radius 1 is 1.50 bits per heavy atom. The van der Waals surface area contributed by atoms with Gasteiger partial charge < -0.3 is 0 Å². The largest absolute Gasteiger partial charge is 0.299 e. The van der Waals surface area contributed by atoms with E-state index in [2.05, 4.69) is 5.32 Å². The topological polar surface area (TPSA) is 29.1 Å². The van der Waals surface area contributed by atoms with Gasteiger partial charge in [-0.25, -0.2) is 0 Å². The third-order valence-corrected chi connectivity index (χ3v) is 2.31. The van der Waals surface area contributed by atoms with Gasteiger partial charge in [0.05, 0.1) is 0 Å². The molecule has 0 bridgehead atoms. The minimum Gasteiger partial charge on any atom is -0.299 e. The molecular weight excluding hydrogens is 174 g/mol. The maximum Gasteiger partial charge on any atom is 0.243 e. The Bertz CT molecular complexity index is 324. The maximum absolute atomic E-state index is 10.9. The first kappa shape index (κ1) is 7.77. The SMILES string of the molecule is O=C(Cl)C1NCc2ccccc21. The average molecular weight is 182 g/mol. The Labute approximate surface area is 75.5 Å². The van der Waals surface area contributed by atoms with Crippen LogP contribution >= 0.6 is 11.6 Å². The summed E-state index contributed by atoms with van der Waals surface area (Å²) in [5.74, 6) is 0. The Balaban J connectivity index is 2.42. The van der Waals surface area contributed by atoms with E-state index in [9.17, 15) is 4.79 Å². The Kier molecular flexibility index (Phi) is 1.87. The molecule has 3 heteroatoms. The van der Waals surface area contributed by atoms with Crippen molar-refractivity contribution in [2.75, 3.05) is 0 Å². The van der Waals surface area contributed by atoms with Crippen molar-refractivity contribution in [1.29, 1.82) is 0 Å². The summed E-state index contributed by atoms with van der Waals surface area (Å²) in [6, 6.07) is 7.51. The van der Waals surface area contributed by atoms with Crippen molar-refractivity contribution in [3.05, 3.63) is 35.4 Å². The van der Waals surface area contributed by atoms with Crippen LogP contribution in [0.4, 0.5) is 0 Å². The third-order valence-electron chi connectivity index (χ3n) is 2.09. The lowest BCUT2D eigenvalue weighted by atomic mass is 10.1. The second-order valence-electron chi connectivity index (χ2n) is 2.82. The molecule has 0 amide bonds. The molecule has 2 rings (SSSR count). The number of halogens is 1. The molecule has 62 valence electrons. The molecule has 2 nitrogen and oxygen atoms in total. The van der Waals surface area contributed by atoms with Crippen molar-refractivity contribution in [3.63, 3.8) is 0 Å². The third kappa shape index (κ3) is 1.13. The fourth-order valence-electron chi connectivity index (χ4n) is 1.50. The lowest BCUT2D eigenvalue weighted by molar-refractivity contribution is -0.113. The van der Waals surface area contributed by atoms with Crippen molar-refractivity contribution < 1.29 is 4.79 Å². The Hall–Kier alpha value is -0.860. The zero-order valence-corrected chi connectivity index (χ0v) is 7.14. The van der Waals surface area contributed by atoms with Gasteiger partial charge in [-0.15, -0.1) is 0 Å². The fourth-order valence-corrected chi connectivity index (χ4v) is 1.70. The van der Waals surface area contributed by atoms with Crippen LogP contribution in [0.25, 0.3) is 0 Å². The van der Waals surface area contributed by atoms with Gasteiger partial charge in [-0.1, -0.05) is 24.3 Å². The van der Waals surface area contributed by atoms with Crippen LogP contribution in [-0.2, 0) is 11.3 Å². The first-order chi connectivity index (χ1) is 5.79. The van der Waals surface area contributed by atoms with Gasteiger partial charge in [0.25, 0.3) is 0 Å². The van der Waals surface area contributed by atoms with Crippen molar-refractivity contribution in [3.8, 4) is 0 Å². The van der Waals surface area contributed by atoms with Crippen molar-refractivity contribution >= 4 is 16.8 Å². The highest BCUT2D eigenvalue weighted by Crippen LogP contribution is 2.26. The normalized spacial score (nSPS) is 20.6. The average Bonchev–Trinajstić information content (AvgIpc) is 2.47. The number of hydrogen-bond donors (Lipinski definition) is 1. The van der Waals surface area contributed by atoms with Crippen LogP contribution in [0.5, 0.6) is 0 Å². The zero-order chi connectivity index (χ0) is 8.55. The highest BCUT2D eigenvalue weighted by atomic mass is 35.5. The minimum absolute atomic E-state index is 0.303. The van der Waals surface area contributed by atoms with E-state index >= 15 is 0 Å². The van der Waals surface area contributed by atoms with Gasteiger partial charge in [-0.05, 0) is 22.7 Å². The van der Waals surface area contributed by atoms with Crippen LogP contribution in [-0.4, -0.2) is 5.24 Å². The number of fused-ring (bicyclic) bond motifs is 1. The predicted octanol–water partition coefficient (Wildman–Crippen LogP) is 1.60. The molecule has 1 heterocycles. The highest BCUT2D eigenvalue weighted by molar-refractivity contribution is 6.64. The van der Waals surface area contributed by atoms with E-state index in [0.717, 1.165) is 17.7 Å². The van der Waals surface area contributed by atoms with Crippen LogP contribution in [0.2, 0.25) is 0 Å². The Morgan fingerprint density at radius 2 is 2.25 bits per heavy atom. The lowest BCUT2D eigenvalue weighted by Gasteiger charge is -2.04. The molecule has 0 radical (unpaired) electrons. The van der Waals surface area contributed by atoms with E-state index < -0.39 is 0 Å². The summed E-state index contributed by atoms with van der Waals surface area (Å²) >= 11 is 5.41. The summed E-state index contributed by atoms with van der Waals surface area (Å²) in [6.07, 6.45) is 0. The molecule has 12 heavy (non-hydrogen) atoms. The smallest absolute Gasteiger partial charge is 0.243 e. The molecular formula is C9H8ClNO. The molecule has 1 aliphatic rings. The summed E-state index contributed by atoms with van der Waals surface area (Å²) < 4.78 is 0. The molecule has 1 aliphatic heterocycles.